The van der Waals surface area contributed by atoms with Crippen LogP contribution < -0.4 is 0 Å². The number of aryl methyl sites for hydroxylation is 1. The summed E-state index contributed by atoms with van der Waals surface area (Å²) in [5, 5.41) is 13.0. The lowest BCUT2D eigenvalue weighted by Gasteiger charge is -2.23. The number of nitrogens with zero attached hydrogens (tertiary/aromatic N) is 4. The molecule has 0 saturated carbocycles. The first-order valence-corrected chi connectivity index (χ1v) is 9.18. The number of rotatable bonds is 4. The van der Waals surface area contributed by atoms with E-state index in [1.54, 1.807) is 24.1 Å². The van der Waals surface area contributed by atoms with Gasteiger partial charge in [0.1, 0.15) is 5.82 Å². The third-order valence-corrected chi connectivity index (χ3v) is 6.01. The van der Waals surface area contributed by atoms with Crippen LogP contribution in [0.1, 0.15) is 35.6 Å². The Morgan fingerprint density at radius 2 is 2.25 bits per heavy atom. The quantitative estimate of drug-likeness (QED) is 0.847. The van der Waals surface area contributed by atoms with Crippen LogP contribution in [0.2, 0.25) is 0 Å². The van der Waals surface area contributed by atoms with Gasteiger partial charge in [0.2, 0.25) is 10.0 Å². The number of sulfonamides is 1. The standard InChI is InChI=1S/C16H17FN4O2S/c1-20-10-14(9-19-20)16-3-2-6-21(16)24(22,23)11-13-7-12(8-18)4-5-15(13)17/h4-5,7,9-10,16H,2-3,6,11H2,1H3. The second kappa shape index (κ2) is 6.34. The van der Waals surface area contributed by atoms with Crippen molar-refractivity contribution in [3.63, 3.8) is 0 Å². The molecule has 1 saturated heterocycles. The molecule has 2 heterocycles. The molecule has 1 aliphatic rings. The van der Waals surface area contributed by atoms with Crippen molar-refractivity contribution in [2.45, 2.75) is 24.6 Å². The summed E-state index contributed by atoms with van der Waals surface area (Å²) in [5.41, 5.74) is 1.10. The van der Waals surface area contributed by atoms with Gasteiger partial charge in [0.15, 0.2) is 0 Å². The maximum Gasteiger partial charge on any atom is 0.218 e. The Morgan fingerprint density at radius 1 is 1.46 bits per heavy atom. The van der Waals surface area contributed by atoms with Crippen molar-refractivity contribution >= 4 is 10.0 Å². The second-order valence-electron chi connectivity index (χ2n) is 5.89. The first kappa shape index (κ1) is 16.6. The van der Waals surface area contributed by atoms with E-state index in [1.165, 1.54) is 16.4 Å². The van der Waals surface area contributed by atoms with Gasteiger partial charge in [-0.25, -0.2) is 12.8 Å². The number of benzene rings is 1. The molecule has 8 heteroatoms. The number of halogens is 1. The molecule has 1 aliphatic heterocycles. The highest BCUT2D eigenvalue weighted by atomic mass is 32.2. The lowest BCUT2D eigenvalue weighted by molar-refractivity contribution is 0.395. The number of hydrogen-bond donors (Lipinski definition) is 0. The molecule has 0 amide bonds. The van der Waals surface area contributed by atoms with Gasteiger partial charge in [0.25, 0.3) is 0 Å². The van der Waals surface area contributed by atoms with E-state index in [-0.39, 0.29) is 17.2 Å². The Kier molecular flexibility index (Phi) is 4.39. The maximum absolute atomic E-state index is 13.9. The lowest BCUT2D eigenvalue weighted by Crippen LogP contribution is -2.31. The first-order valence-electron chi connectivity index (χ1n) is 7.57. The molecule has 2 aromatic rings. The molecule has 1 unspecified atom stereocenters. The molecule has 0 radical (unpaired) electrons. The zero-order chi connectivity index (χ0) is 17.3. The minimum atomic E-state index is -3.70. The van der Waals surface area contributed by atoms with Crippen LogP contribution in [0.25, 0.3) is 0 Å². The van der Waals surface area contributed by atoms with Crippen molar-refractivity contribution in [1.29, 1.82) is 5.26 Å². The average Bonchev–Trinajstić information content (AvgIpc) is 3.18. The van der Waals surface area contributed by atoms with E-state index in [1.807, 2.05) is 6.07 Å². The number of hydrogen-bond acceptors (Lipinski definition) is 4. The van der Waals surface area contributed by atoms with E-state index in [0.717, 1.165) is 18.1 Å². The van der Waals surface area contributed by atoms with E-state index in [2.05, 4.69) is 5.10 Å². The summed E-state index contributed by atoms with van der Waals surface area (Å²) in [6.07, 6.45) is 4.93. The lowest BCUT2D eigenvalue weighted by atomic mass is 10.1. The fraction of sp³-hybridized carbons (Fsp3) is 0.375. The zero-order valence-electron chi connectivity index (χ0n) is 13.2. The Labute approximate surface area is 140 Å². The van der Waals surface area contributed by atoms with Gasteiger partial charge in [-0.3, -0.25) is 4.68 Å². The van der Waals surface area contributed by atoms with E-state index >= 15 is 0 Å². The van der Waals surface area contributed by atoms with Crippen molar-refractivity contribution in [2.75, 3.05) is 6.54 Å². The molecule has 1 fully saturated rings. The molecule has 1 aromatic heterocycles. The molecule has 126 valence electrons. The van der Waals surface area contributed by atoms with Gasteiger partial charge in [0.05, 0.1) is 29.6 Å². The van der Waals surface area contributed by atoms with Gasteiger partial charge in [-0.15, -0.1) is 0 Å². The molecule has 6 nitrogen and oxygen atoms in total. The van der Waals surface area contributed by atoms with Crippen molar-refractivity contribution < 1.29 is 12.8 Å². The van der Waals surface area contributed by atoms with Gasteiger partial charge in [-0.1, -0.05) is 0 Å². The van der Waals surface area contributed by atoms with Gasteiger partial charge in [0, 0.05) is 30.9 Å². The Balaban J connectivity index is 1.89. The topological polar surface area (TPSA) is 79.0 Å². The highest BCUT2D eigenvalue weighted by Crippen LogP contribution is 2.35. The van der Waals surface area contributed by atoms with E-state index in [0.29, 0.717) is 13.0 Å². The Morgan fingerprint density at radius 3 is 2.92 bits per heavy atom. The Hall–Kier alpha value is -2.24. The van der Waals surface area contributed by atoms with Crippen LogP contribution >= 0.6 is 0 Å². The van der Waals surface area contributed by atoms with Crippen LogP contribution in [0.5, 0.6) is 0 Å². The summed E-state index contributed by atoms with van der Waals surface area (Å²) >= 11 is 0. The van der Waals surface area contributed by atoms with Crippen LogP contribution in [0.4, 0.5) is 4.39 Å². The minimum Gasteiger partial charge on any atom is -0.275 e. The van der Waals surface area contributed by atoms with Crippen molar-refractivity contribution in [3.8, 4) is 6.07 Å². The summed E-state index contributed by atoms with van der Waals surface area (Å²) < 4.78 is 42.6. The van der Waals surface area contributed by atoms with Gasteiger partial charge in [-0.2, -0.15) is 14.7 Å². The second-order valence-corrected chi connectivity index (χ2v) is 7.81. The molecule has 24 heavy (non-hydrogen) atoms. The normalized spacial score (nSPS) is 18.6. The van der Waals surface area contributed by atoms with Crippen LogP contribution in [-0.2, 0) is 22.8 Å². The summed E-state index contributed by atoms with van der Waals surface area (Å²) in [6, 6.07) is 5.39. The van der Waals surface area contributed by atoms with Crippen LogP contribution in [0.15, 0.2) is 30.6 Å². The molecule has 3 rings (SSSR count). The smallest absolute Gasteiger partial charge is 0.218 e. The van der Waals surface area contributed by atoms with Gasteiger partial charge in [-0.05, 0) is 31.0 Å². The molecular formula is C16H17FN4O2S. The van der Waals surface area contributed by atoms with E-state index in [9.17, 15) is 12.8 Å². The summed E-state index contributed by atoms with van der Waals surface area (Å²) in [4.78, 5) is 0. The Bertz CT molecular complexity index is 901. The fourth-order valence-corrected chi connectivity index (χ4v) is 4.85. The van der Waals surface area contributed by atoms with Crippen LogP contribution in [0.3, 0.4) is 0 Å². The van der Waals surface area contributed by atoms with Crippen LogP contribution in [0, 0.1) is 17.1 Å². The molecule has 0 spiro atoms. The maximum atomic E-state index is 13.9. The highest BCUT2D eigenvalue weighted by molar-refractivity contribution is 7.88. The SMILES string of the molecule is Cn1cc(C2CCCN2S(=O)(=O)Cc2cc(C#N)ccc2F)cn1. The summed E-state index contributed by atoms with van der Waals surface area (Å²) in [6.45, 7) is 0.404. The number of aromatic nitrogens is 2. The molecule has 1 aromatic carbocycles. The average molecular weight is 348 g/mol. The third kappa shape index (κ3) is 3.18. The number of nitriles is 1. The molecule has 0 aliphatic carbocycles. The summed E-state index contributed by atoms with van der Waals surface area (Å²) in [5.74, 6) is -1.07. The van der Waals surface area contributed by atoms with Crippen LogP contribution in [-0.4, -0.2) is 29.0 Å². The molecular weight excluding hydrogens is 331 g/mol. The van der Waals surface area contributed by atoms with Crippen molar-refractivity contribution in [2.24, 2.45) is 7.05 Å². The predicted octanol–water partition coefficient (Wildman–Crippen LogP) is 2.10. The van der Waals surface area contributed by atoms with Gasteiger partial charge >= 0.3 is 0 Å². The highest BCUT2D eigenvalue weighted by Gasteiger charge is 2.36. The zero-order valence-corrected chi connectivity index (χ0v) is 14.0. The third-order valence-electron chi connectivity index (χ3n) is 4.18. The molecule has 0 bridgehead atoms. The molecule has 0 N–H and O–H groups in total. The summed E-state index contributed by atoms with van der Waals surface area (Å²) in [7, 11) is -1.92. The monoisotopic (exact) mass is 348 g/mol. The molecule has 1 atom stereocenters. The first-order chi connectivity index (χ1) is 11.4. The largest absolute Gasteiger partial charge is 0.275 e. The fourth-order valence-electron chi connectivity index (χ4n) is 3.05. The van der Waals surface area contributed by atoms with E-state index < -0.39 is 21.6 Å². The van der Waals surface area contributed by atoms with Crippen molar-refractivity contribution in [1.82, 2.24) is 14.1 Å². The van der Waals surface area contributed by atoms with Gasteiger partial charge < -0.3 is 0 Å². The predicted molar refractivity (Wildman–Crippen MR) is 85.6 cm³/mol. The van der Waals surface area contributed by atoms with Crippen molar-refractivity contribution in [3.05, 3.63) is 53.1 Å². The minimum absolute atomic E-state index is 0.0193. The van der Waals surface area contributed by atoms with E-state index in [4.69, 9.17) is 5.26 Å².